The standard InChI is InChI=1S/C73H118O6/c1-4-7-10-13-15-17-19-21-23-25-27-29-31-33-34-35-36-37-38-40-41-43-45-47-49-51-53-55-57-60-63-66-72(75)78-69-70(68-77-71(74)65-62-59-12-9-6-3)79-73(76)67-64-61-58-56-54-52-50-48-46-44-42-39-32-30-28-26-24-22-20-18-16-14-11-8-5-2/h7-8,10-11,15-18,21-24,27-30,33-34,36-37,39-42,70H,4-6,9,12-14,19-20,25-26,31-32,35,38,43-69H2,1-3H3/b10-7-,11-8-,17-15-,18-16-,23-21-,24-22-,29-27-,30-28-,34-33-,37-36-,41-40-,42-39-. The normalized spacial score (nSPS) is 13.1. The lowest BCUT2D eigenvalue weighted by atomic mass is 10.1. The van der Waals surface area contributed by atoms with E-state index in [-0.39, 0.29) is 31.1 Å². The first-order chi connectivity index (χ1) is 39.0. The summed E-state index contributed by atoms with van der Waals surface area (Å²) in [5, 5.41) is 0. The van der Waals surface area contributed by atoms with E-state index >= 15 is 0 Å². The second-order valence-corrected chi connectivity index (χ2v) is 20.9. The maximum absolute atomic E-state index is 12.8. The van der Waals surface area contributed by atoms with Crippen LogP contribution in [-0.4, -0.2) is 37.2 Å². The molecule has 446 valence electrons. The molecule has 0 radical (unpaired) electrons. The molecular weight excluding hydrogens is 973 g/mol. The zero-order chi connectivity index (χ0) is 57.1. The number of esters is 3. The van der Waals surface area contributed by atoms with Crippen LogP contribution in [-0.2, 0) is 28.6 Å². The summed E-state index contributed by atoms with van der Waals surface area (Å²) in [5.41, 5.74) is 0. The summed E-state index contributed by atoms with van der Waals surface area (Å²) in [4.78, 5) is 38.0. The van der Waals surface area contributed by atoms with E-state index < -0.39 is 6.10 Å². The van der Waals surface area contributed by atoms with Crippen LogP contribution in [0.3, 0.4) is 0 Å². The van der Waals surface area contributed by atoms with Crippen molar-refractivity contribution < 1.29 is 28.6 Å². The van der Waals surface area contributed by atoms with Crippen LogP contribution < -0.4 is 0 Å². The Kier molecular flexibility index (Phi) is 61.9. The Hall–Kier alpha value is -4.71. The van der Waals surface area contributed by atoms with Gasteiger partial charge in [0.25, 0.3) is 0 Å². The molecule has 79 heavy (non-hydrogen) atoms. The quantitative estimate of drug-likeness (QED) is 0.0261. The van der Waals surface area contributed by atoms with Gasteiger partial charge in [-0.3, -0.25) is 14.4 Å². The van der Waals surface area contributed by atoms with Crippen LogP contribution in [0.2, 0.25) is 0 Å². The minimum atomic E-state index is -0.786. The van der Waals surface area contributed by atoms with Crippen molar-refractivity contribution in [3.8, 4) is 0 Å². The van der Waals surface area contributed by atoms with Gasteiger partial charge in [0.1, 0.15) is 13.2 Å². The molecule has 0 aliphatic heterocycles. The maximum Gasteiger partial charge on any atom is 0.306 e. The Labute approximate surface area is 487 Å². The number of carbonyl (C=O) groups is 3. The highest BCUT2D eigenvalue weighted by atomic mass is 16.6. The van der Waals surface area contributed by atoms with E-state index in [1.807, 2.05) is 0 Å². The van der Waals surface area contributed by atoms with E-state index in [9.17, 15) is 14.4 Å². The van der Waals surface area contributed by atoms with Gasteiger partial charge in [0, 0.05) is 19.3 Å². The first-order valence-corrected chi connectivity index (χ1v) is 32.3. The molecule has 6 heteroatoms. The van der Waals surface area contributed by atoms with Crippen LogP contribution in [0.4, 0.5) is 0 Å². The fourth-order valence-electron chi connectivity index (χ4n) is 8.57. The topological polar surface area (TPSA) is 78.9 Å². The number of hydrogen-bond acceptors (Lipinski definition) is 6. The molecule has 1 unspecified atom stereocenters. The molecule has 0 bridgehead atoms. The molecule has 0 aliphatic rings. The van der Waals surface area contributed by atoms with Crippen LogP contribution in [0.25, 0.3) is 0 Å². The van der Waals surface area contributed by atoms with Crippen molar-refractivity contribution in [3.63, 3.8) is 0 Å². The number of hydrogen-bond donors (Lipinski definition) is 0. The Morgan fingerprint density at radius 2 is 0.494 bits per heavy atom. The largest absolute Gasteiger partial charge is 0.462 e. The molecule has 0 N–H and O–H groups in total. The Bertz CT molecular complexity index is 1730. The summed E-state index contributed by atoms with van der Waals surface area (Å²) in [6.45, 7) is 6.32. The number of ether oxygens (including phenoxy) is 3. The van der Waals surface area contributed by atoms with Gasteiger partial charge in [-0.2, -0.15) is 0 Å². The summed E-state index contributed by atoms with van der Waals surface area (Å²) in [5.74, 6) is -0.913. The average molecular weight is 1090 g/mol. The molecule has 0 rings (SSSR count). The highest BCUT2D eigenvalue weighted by Gasteiger charge is 2.19. The second-order valence-electron chi connectivity index (χ2n) is 20.9. The van der Waals surface area contributed by atoms with Crippen molar-refractivity contribution >= 4 is 17.9 Å². The fraction of sp³-hybridized carbons (Fsp3) is 0.630. The number of unbranched alkanes of at least 4 members (excludes halogenated alkanes) is 22. The van der Waals surface area contributed by atoms with Crippen molar-refractivity contribution in [3.05, 3.63) is 146 Å². The van der Waals surface area contributed by atoms with Gasteiger partial charge in [-0.25, -0.2) is 0 Å². The van der Waals surface area contributed by atoms with E-state index in [0.29, 0.717) is 19.3 Å². The molecule has 0 aliphatic carbocycles. The number of allylic oxidation sites excluding steroid dienone is 24. The van der Waals surface area contributed by atoms with Gasteiger partial charge in [-0.05, 0) is 122 Å². The molecule has 0 aromatic rings. The van der Waals surface area contributed by atoms with Crippen molar-refractivity contribution in [1.29, 1.82) is 0 Å². The zero-order valence-electron chi connectivity index (χ0n) is 51.1. The summed E-state index contributed by atoms with van der Waals surface area (Å²) >= 11 is 0. The Balaban J connectivity index is 4.10. The predicted molar refractivity (Wildman–Crippen MR) is 343 cm³/mol. The second kappa shape index (κ2) is 65.8. The van der Waals surface area contributed by atoms with Crippen molar-refractivity contribution in [2.45, 2.75) is 284 Å². The molecule has 0 aromatic carbocycles. The Morgan fingerprint density at radius 1 is 0.266 bits per heavy atom. The van der Waals surface area contributed by atoms with E-state index in [2.05, 4.69) is 167 Å². The third-order valence-corrected chi connectivity index (χ3v) is 13.3. The van der Waals surface area contributed by atoms with E-state index in [1.165, 1.54) is 83.5 Å². The van der Waals surface area contributed by atoms with Crippen molar-refractivity contribution in [2.24, 2.45) is 0 Å². The van der Waals surface area contributed by atoms with E-state index in [0.717, 1.165) is 154 Å². The molecule has 6 nitrogen and oxygen atoms in total. The summed E-state index contributed by atoms with van der Waals surface area (Å²) in [6, 6.07) is 0. The molecule has 0 saturated heterocycles. The van der Waals surface area contributed by atoms with Crippen LogP contribution in [0.15, 0.2) is 146 Å². The third-order valence-electron chi connectivity index (χ3n) is 13.3. The van der Waals surface area contributed by atoms with Crippen molar-refractivity contribution in [1.82, 2.24) is 0 Å². The Morgan fingerprint density at radius 3 is 0.772 bits per heavy atom. The molecule has 0 heterocycles. The van der Waals surface area contributed by atoms with Gasteiger partial charge in [0.2, 0.25) is 0 Å². The smallest absolute Gasteiger partial charge is 0.306 e. The van der Waals surface area contributed by atoms with Gasteiger partial charge < -0.3 is 14.2 Å². The monoisotopic (exact) mass is 1090 g/mol. The SMILES string of the molecule is CC/C=C\C/C=C\C/C=C\C/C=C\C/C=C\C/C=C\C/C=C\CCCCCCCCCCCC(=O)OCC(COC(=O)CCCCCCC)OC(=O)CCCCCCCCCCC/C=C\C/C=C\C/C=C\C/C=C\C/C=C\CC. The molecule has 0 aromatic heterocycles. The average Bonchev–Trinajstić information content (AvgIpc) is 3.45. The predicted octanol–water partition coefficient (Wildman–Crippen LogP) is 22.3. The van der Waals surface area contributed by atoms with Gasteiger partial charge in [0.05, 0.1) is 0 Å². The lowest BCUT2D eigenvalue weighted by Gasteiger charge is -2.18. The molecule has 0 amide bonds. The third kappa shape index (κ3) is 64.0. The summed E-state index contributed by atoms with van der Waals surface area (Å²) in [7, 11) is 0. The van der Waals surface area contributed by atoms with Gasteiger partial charge in [-0.15, -0.1) is 0 Å². The minimum absolute atomic E-state index is 0.0864. The first kappa shape index (κ1) is 74.3. The van der Waals surface area contributed by atoms with Gasteiger partial charge >= 0.3 is 17.9 Å². The van der Waals surface area contributed by atoms with Gasteiger partial charge in [0.15, 0.2) is 6.10 Å². The molecule has 0 spiro atoms. The van der Waals surface area contributed by atoms with E-state index in [1.54, 1.807) is 0 Å². The van der Waals surface area contributed by atoms with Crippen LogP contribution in [0, 0.1) is 0 Å². The lowest BCUT2D eigenvalue weighted by molar-refractivity contribution is -0.167. The number of carbonyl (C=O) groups excluding carboxylic acids is 3. The zero-order valence-corrected chi connectivity index (χ0v) is 51.1. The first-order valence-electron chi connectivity index (χ1n) is 32.3. The lowest BCUT2D eigenvalue weighted by Crippen LogP contribution is -2.30. The fourth-order valence-corrected chi connectivity index (χ4v) is 8.57. The molecular formula is C73H118O6. The van der Waals surface area contributed by atoms with Crippen LogP contribution in [0.1, 0.15) is 278 Å². The molecule has 1 atom stereocenters. The number of rotatable bonds is 57. The summed E-state index contributed by atoms with van der Waals surface area (Å²) in [6.07, 6.45) is 94.7. The summed E-state index contributed by atoms with van der Waals surface area (Å²) < 4.78 is 16.8. The van der Waals surface area contributed by atoms with Crippen LogP contribution >= 0.6 is 0 Å². The molecule has 0 fully saturated rings. The minimum Gasteiger partial charge on any atom is -0.462 e. The highest BCUT2D eigenvalue weighted by molar-refractivity contribution is 5.71. The van der Waals surface area contributed by atoms with Crippen molar-refractivity contribution in [2.75, 3.05) is 13.2 Å². The van der Waals surface area contributed by atoms with E-state index in [4.69, 9.17) is 14.2 Å². The van der Waals surface area contributed by atoms with Crippen LogP contribution in [0.5, 0.6) is 0 Å². The molecule has 0 saturated carbocycles. The highest BCUT2D eigenvalue weighted by Crippen LogP contribution is 2.15. The maximum atomic E-state index is 12.8. The van der Waals surface area contributed by atoms with Gasteiger partial charge in [-0.1, -0.05) is 282 Å².